The van der Waals surface area contributed by atoms with Crippen LogP contribution in [0.25, 0.3) is 0 Å². The molecule has 6 nitrogen and oxygen atoms in total. The molecule has 0 rings (SSSR count). The predicted octanol–water partition coefficient (Wildman–Crippen LogP) is 5.60. The zero-order valence-corrected chi connectivity index (χ0v) is 23.8. The van der Waals surface area contributed by atoms with Crippen LogP contribution in [0.1, 0.15) is 79.1 Å². The summed E-state index contributed by atoms with van der Waals surface area (Å²) in [6.07, 6.45) is 6.92. The molecule has 0 fully saturated rings. The summed E-state index contributed by atoms with van der Waals surface area (Å²) in [5, 5.41) is 0.720. The van der Waals surface area contributed by atoms with E-state index in [9.17, 15) is 9.59 Å². The lowest BCUT2D eigenvalue weighted by atomic mass is 10.1. The summed E-state index contributed by atoms with van der Waals surface area (Å²) in [4.78, 5) is 23.5. The van der Waals surface area contributed by atoms with Crippen LogP contribution in [0, 0.1) is 0 Å². The van der Waals surface area contributed by atoms with Crippen molar-refractivity contribution in [1.82, 2.24) is 0 Å². The average molecular weight is 523 g/mol. The van der Waals surface area contributed by atoms with Crippen molar-refractivity contribution in [2.45, 2.75) is 89.6 Å². The van der Waals surface area contributed by atoms with E-state index in [-0.39, 0.29) is 0 Å². The van der Waals surface area contributed by atoms with Crippen molar-refractivity contribution in [2.75, 3.05) is 64.4 Å². The summed E-state index contributed by atoms with van der Waals surface area (Å²) in [7, 11) is 0. The van der Waals surface area contributed by atoms with Gasteiger partial charge in [-0.3, -0.25) is 9.59 Å². The molecule has 0 spiro atoms. The van der Waals surface area contributed by atoms with Gasteiger partial charge in [0.25, 0.3) is 0 Å². The van der Waals surface area contributed by atoms with Crippen LogP contribution in [-0.4, -0.2) is 86.4 Å². The highest BCUT2D eigenvalue weighted by Gasteiger charge is 2.10. The van der Waals surface area contributed by atoms with E-state index in [1.165, 1.54) is 0 Å². The van der Waals surface area contributed by atoms with Crippen LogP contribution in [0.3, 0.4) is 0 Å². The second kappa shape index (κ2) is 26.0. The molecule has 0 aliphatic carbocycles. The molecule has 2 unspecified atom stereocenters. The summed E-state index contributed by atoms with van der Waals surface area (Å²) < 4.78 is 22.2. The van der Waals surface area contributed by atoms with Crippen LogP contribution >= 0.6 is 23.5 Å². The van der Waals surface area contributed by atoms with Crippen molar-refractivity contribution in [2.24, 2.45) is 0 Å². The molecule has 8 heteroatoms. The average Bonchev–Trinajstić information content (AvgIpc) is 2.81. The van der Waals surface area contributed by atoms with Gasteiger partial charge in [0, 0.05) is 47.7 Å². The van der Waals surface area contributed by atoms with E-state index in [2.05, 4.69) is 27.7 Å². The molecule has 2 atom stereocenters. The molecular weight excluding hydrogens is 472 g/mol. The lowest BCUT2D eigenvalue weighted by molar-refractivity contribution is -0.119. The highest BCUT2D eigenvalue weighted by molar-refractivity contribution is 8.00. The first-order valence-corrected chi connectivity index (χ1v) is 15.2. The van der Waals surface area contributed by atoms with Crippen LogP contribution in [0.15, 0.2) is 0 Å². The second-order valence-electron chi connectivity index (χ2n) is 8.51. The Hall–Kier alpha value is -0.120. The summed E-state index contributed by atoms with van der Waals surface area (Å²) in [6.45, 7) is 13.2. The fraction of sp³-hybridized carbons (Fsp3) is 0.923. The Kier molecular flexibility index (Phi) is 25.9. The Labute approximate surface area is 217 Å². The Balaban J connectivity index is 3.28. The topological polar surface area (TPSA) is 71.1 Å². The normalized spacial score (nSPS) is 13.2. The standard InChI is InChI=1S/C26H50O6S2/c1-5-7-9-25(27)21-23(3)33-19-17-31-15-13-29-11-12-30-14-16-32-18-20-34-24(4)22-26(28)10-8-6-2/h23-24H,5-22H2,1-4H3. The van der Waals surface area contributed by atoms with Crippen molar-refractivity contribution >= 4 is 35.1 Å². The maximum Gasteiger partial charge on any atom is 0.134 e. The van der Waals surface area contributed by atoms with Crippen LogP contribution in [-0.2, 0) is 28.5 Å². The molecule has 34 heavy (non-hydrogen) atoms. The molecule has 0 saturated heterocycles. The van der Waals surface area contributed by atoms with Gasteiger partial charge in [-0.1, -0.05) is 40.5 Å². The van der Waals surface area contributed by atoms with Gasteiger partial charge in [-0.15, -0.1) is 0 Å². The SMILES string of the molecule is CCCCC(=O)CC(C)SCCOCCOCCOCCOCCSC(C)CC(=O)CCCC. The Bertz CT molecular complexity index is 436. The zero-order chi connectivity index (χ0) is 25.3. The molecular formula is C26H50O6S2. The third kappa shape index (κ3) is 25.0. The molecule has 0 aliphatic rings. The fourth-order valence-electron chi connectivity index (χ4n) is 3.09. The van der Waals surface area contributed by atoms with Gasteiger partial charge in [0.15, 0.2) is 0 Å². The van der Waals surface area contributed by atoms with E-state index in [0.29, 0.717) is 101 Å². The molecule has 0 bridgehead atoms. The summed E-state index contributed by atoms with van der Waals surface area (Å²) in [5.74, 6) is 2.56. The van der Waals surface area contributed by atoms with E-state index in [0.717, 1.165) is 37.2 Å². The minimum absolute atomic E-state index is 0.360. The Morgan fingerprint density at radius 2 is 0.912 bits per heavy atom. The highest BCUT2D eigenvalue weighted by Crippen LogP contribution is 2.16. The largest absolute Gasteiger partial charge is 0.378 e. The minimum Gasteiger partial charge on any atom is -0.378 e. The van der Waals surface area contributed by atoms with Crippen molar-refractivity contribution < 1.29 is 28.5 Å². The maximum absolute atomic E-state index is 11.8. The van der Waals surface area contributed by atoms with Gasteiger partial charge in [0.1, 0.15) is 11.6 Å². The first kappa shape index (κ1) is 33.9. The second-order valence-corrected chi connectivity index (χ2v) is 11.6. The van der Waals surface area contributed by atoms with Gasteiger partial charge in [-0.25, -0.2) is 0 Å². The van der Waals surface area contributed by atoms with E-state index >= 15 is 0 Å². The maximum atomic E-state index is 11.8. The van der Waals surface area contributed by atoms with Crippen LogP contribution in [0.4, 0.5) is 0 Å². The number of Topliss-reactive ketones (excluding diaryl/α,β-unsaturated/α-hetero) is 2. The highest BCUT2D eigenvalue weighted by atomic mass is 32.2. The number of ether oxygens (including phenoxy) is 4. The first-order valence-electron chi connectivity index (χ1n) is 13.1. The number of hydrogen-bond donors (Lipinski definition) is 0. The zero-order valence-electron chi connectivity index (χ0n) is 22.1. The van der Waals surface area contributed by atoms with Gasteiger partial charge in [-0.05, 0) is 12.8 Å². The third-order valence-corrected chi connectivity index (χ3v) is 7.30. The van der Waals surface area contributed by atoms with Gasteiger partial charge in [0.05, 0.1) is 52.9 Å². The minimum atomic E-state index is 0.360. The lowest BCUT2D eigenvalue weighted by Crippen LogP contribution is -2.14. The van der Waals surface area contributed by atoms with Gasteiger partial charge < -0.3 is 18.9 Å². The quantitative estimate of drug-likeness (QED) is 0.129. The summed E-state index contributed by atoms with van der Waals surface area (Å²) in [6, 6.07) is 0. The molecule has 0 aromatic heterocycles. The number of carbonyl (C=O) groups is 2. The van der Waals surface area contributed by atoms with Crippen molar-refractivity contribution in [3.05, 3.63) is 0 Å². The molecule has 0 aromatic rings. The van der Waals surface area contributed by atoms with Crippen molar-refractivity contribution in [1.29, 1.82) is 0 Å². The van der Waals surface area contributed by atoms with E-state index in [1.54, 1.807) is 23.5 Å². The third-order valence-electron chi connectivity index (χ3n) is 5.02. The number of hydrogen-bond acceptors (Lipinski definition) is 8. The van der Waals surface area contributed by atoms with Crippen molar-refractivity contribution in [3.63, 3.8) is 0 Å². The number of thioether (sulfide) groups is 2. The number of rotatable bonds is 27. The summed E-state index contributed by atoms with van der Waals surface area (Å²) >= 11 is 3.59. The van der Waals surface area contributed by atoms with Crippen LogP contribution < -0.4 is 0 Å². The summed E-state index contributed by atoms with van der Waals surface area (Å²) in [5.41, 5.74) is 0. The fourth-order valence-corrected chi connectivity index (χ4v) is 4.93. The van der Waals surface area contributed by atoms with Gasteiger partial charge in [-0.2, -0.15) is 23.5 Å². The molecule has 202 valence electrons. The Morgan fingerprint density at radius 1 is 0.588 bits per heavy atom. The van der Waals surface area contributed by atoms with Crippen LogP contribution in [0.2, 0.25) is 0 Å². The molecule has 0 aliphatic heterocycles. The molecule has 0 heterocycles. The smallest absolute Gasteiger partial charge is 0.134 e. The predicted molar refractivity (Wildman–Crippen MR) is 145 cm³/mol. The lowest BCUT2D eigenvalue weighted by Gasteiger charge is -2.11. The molecule has 0 saturated carbocycles. The molecule has 0 N–H and O–H groups in total. The van der Waals surface area contributed by atoms with Crippen molar-refractivity contribution in [3.8, 4) is 0 Å². The molecule has 0 aromatic carbocycles. The van der Waals surface area contributed by atoms with E-state index in [1.807, 2.05) is 0 Å². The first-order chi connectivity index (χ1) is 16.5. The van der Waals surface area contributed by atoms with Crippen LogP contribution in [0.5, 0.6) is 0 Å². The number of carbonyl (C=O) groups excluding carboxylic acids is 2. The van der Waals surface area contributed by atoms with E-state index < -0.39 is 0 Å². The monoisotopic (exact) mass is 522 g/mol. The number of unbranched alkanes of at least 4 members (excludes halogenated alkanes) is 2. The number of ketones is 2. The van der Waals surface area contributed by atoms with Gasteiger partial charge >= 0.3 is 0 Å². The van der Waals surface area contributed by atoms with E-state index in [4.69, 9.17) is 18.9 Å². The molecule has 0 radical (unpaired) electrons. The Morgan fingerprint density at radius 3 is 1.24 bits per heavy atom. The van der Waals surface area contributed by atoms with Gasteiger partial charge in [0.2, 0.25) is 0 Å². The molecule has 0 amide bonds.